The zero-order chi connectivity index (χ0) is 14.7. The van der Waals surface area contributed by atoms with E-state index in [4.69, 9.17) is 22.2 Å². The molecular formula is C10H7ClFN5O3. The van der Waals surface area contributed by atoms with Gasteiger partial charge in [0.25, 0.3) is 0 Å². The van der Waals surface area contributed by atoms with Crippen molar-refractivity contribution in [2.24, 2.45) is 5.84 Å². The molecule has 104 valence electrons. The highest BCUT2D eigenvalue weighted by atomic mass is 35.5. The van der Waals surface area contributed by atoms with Crippen molar-refractivity contribution in [3.8, 4) is 11.6 Å². The highest BCUT2D eigenvalue weighted by Gasteiger charge is 2.22. The van der Waals surface area contributed by atoms with E-state index in [1.165, 1.54) is 6.07 Å². The molecule has 0 aliphatic heterocycles. The zero-order valence-corrected chi connectivity index (χ0v) is 10.5. The van der Waals surface area contributed by atoms with Gasteiger partial charge in [0.15, 0.2) is 5.82 Å². The van der Waals surface area contributed by atoms with E-state index in [-0.39, 0.29) is 16.9 Å². The van der Waals surface area contributed by atoms with E-state index in [9.17, 15) is 14.5 Å². The first-order valence-electron chi connectivity index (χ1n) is 5.13. The molecular weight excluding hydrogens is 293 g/mol. The number of aromatic nitrogens is 2. The fourth-order valence-electron chi connectivity index (χ4n) is 1.33. The number of nitro benzene ring substituents is 1. The van der Waals surface area contributed by atoms with Gasteiger partial charge in [-0.25, -0.2) is 15.2 Å². The Bertz CT molecular complexity index is 669. The van der Waals surface area contributed by atoms with Crippen LogP contribution < -0.4 is 16.0 Å². The topological polar surface area (TPSA) is 116 Å². The molecule has 0 aliphatic rings. The third-order valence-corrected chi connectivity index (χ3v) is 2.44. The average Bonchev–Trinajstić information content (AvgIpc) is 2.43. The second-order valence-corrected chi connectivity index (χ2v) is 3.85. The van der Waals surface area contributed by atoms with Gasteiger partial charge in [-0.1, -0.05) is 17.7 Å². The monoisotopic (exact) mass is 299 g/mol. The van der Waals surface area contributed by atoms with E-state index in [1.807, 2.05) is 0 Å². The summed E-state index contributed by atoms with van der Waals surface area (Å²) in [6.07, 6.45) is 1.16. The van der Waals surface area contributed by atoms with Crippen LogP contribution in [0.5, 0.6) is 11.6 Å². The molecule has 0 fully saturated rings. The van der Waals surface area contributed by atoms with E-state index in [0.717, 1.165) is 18.3 Å². The molecule has 10 heteroatoms. The molecule has 3 N–H and O–H groups in total. The van der Waals surface area contributed by atoms with E-state index < -0.39 is 22.2 Å². The van der Waals surface area contributed by atoms with Crippen LogP contribution in [0.1, 0.15) is 0 Å². The Morgan fingerprint density at radius 2 is 2.25 bits per heavy atom. The molecule has 20 heavy (non-hydrogen) atoms. The standard InChI is InChI=1S/C10H7ClFN5O3/c11-5-4-14-10(16-13)15-9(5)20-8-6(12)2-1-3-7(8)17(18)19/h1-4H,13H2,(H,14,15,16). The number of rotatable bonds is 4. The summed E-state index contributed by atoms with van der Waals surface area (Å²) in [5.74, 6) is 3.30. The number of hydrogen-bond acceptors (Lipinski definition) is 7. The summed E-state index contributed by atoms with van der Waals surface area (Å²) in [6, 6.07) is 3.30. The predicted molar refractivity (Wildman–Crippen MR) is 68.0 cm³/mol. The van der Waals surface area contributed by atoms with E-state index >= 15 is 0 Å². The SMILES string of the molecule is NNc1ncc(Cl)c(Oc2c(F)cccc2[N+](=O)[O-])n1. The van der Waals surface area contributed by atoms with Gasteiger partial charge < -0.3 is 4.74 Å². The molecule has 0 aliphatic carbocycles. The molecule has 0 saturated heterocycles. The molecule has 1 heterocycles. The third-order valence-electron chi connectivity index (χ3n) is 2.18. The van der Waals surface area contributed by atoms with Crippen LogP contribution >= 0.6 is 11.6 Å². The van der Waals surface area contributed by atoms with Crippen molar-refractivity contribution < 1.29 is 14.1 Å². The summed E-state index contributed by atoms with van der Waals surface area (Å²) in [5, 5.41) is 10.8. The largest absolute Gasteiger partial charge is 0.427 e. The summed E-state index contributed by atoms with van der Waals surface area (Å²) in [5.41, 5.74) is 1.59. The molecule has 0 radical (unpaired) electrons. The number of nitrogens with zero attached hydrogens (tertiary/aromatic N) is 3. The minimum absolute atomic E-state index is 0.0385. The van der Waals surface area contributed by atoms with E-state index in [1.54, 1.807) is 0 Å². The van der Waals surface area contributed by atoms with Crippen molar-refractivity contribution in [2.45, 2.75) is 0 Å². The summed E-state index contributed by atoms with van der Waals surface area (Å²) < 4.78 is 18.7. The number of nitrogens with one attached hydrogen (secondary N) is 1. The molecule has 1 aromatic carbocycles. The Morgan fingerprint density at radius 1 is 1.50 bits per heavy atom. The van der Waals surface area contributed by atoms with Gasteiger partial charge in [0.1, 0.15) is 5.02 Å². The summed E-state index contributed by atoms with van der Waals surface area (Å²) >= 11 is 5.78. The van der Waals surface area contributed by atoms with Gasteiger partial charge in [-0.3, -0.25) is 15.5 Å². The molecule has 1 aromatic heterocycles. The molecule has 0 spiro atoms. The Kier molecular flexibility index (Phi) is 3.91. The van der Waals surface area contributed by atoms with Crippen LogP contribution in [0.25, 0.3) is 0 Å². The number of para-hydroxylation sites is 1. The van der Waals surface area contributed by atoms with Crippen LogP contribution in [0.3, 0.4) is 0 Å². The Morgan fingerprint density at radius 3 is 2.90 bits per heavy atom. The van der Waals surface area contributed by atoms with Crippen molar-refractivity contribution in [1.82, 2.24) is 9.97 Å². The average molecular weight is 300 g/mol. The van der Waals surface area contributed by atoms with Gasteiger partial charge >= 0.3 is 5.69 Å². The zero-order valence-electron chi connectivity index (χ0n) is 9.71. The number of halogens is 2. The lowest BCUT2D eigenvalue weighted by atomic mass is 10.3. The summed E-state index contributed by atoms with van der Waals surface area (Å²) in [4.78, 5) is 17.5. The van der Waals surface area contributed by atoms with Crippen molar-refractivity contribution >= 4 is 23.2 Å². The molecule has 2 aromatic rings. The molecule has 0 bridgehead atoms. The fourth-order valence-corrected chi connectivity index (χ4v) is 1.46. The van der Waals surface area contributed by atoms with Gasteiger partial charge in [-0.2, -0.15) is 4.98 Å². The first-order chi connectivity index (χ1) is 9.52. The van der Waals surface area contributed by atoms with Crippen LogP contribution in [0.4, 0.5) is 16.0 Å². The number of ether oxygens (including phenoxy) is 1. The van der Waals surface area contributed by atoms with E-state index in [2.05, 4.69) is 15.4 Å². The van der Waals surface area contributed by atoms with Crippen LogP contribution in [0, 0.1) is 15.9 Å². The highest BCUT2D eigenvalue weighted by Crippen LogP contribution is 2.35. The maximum Gasteiger partial charge on any atom is 0.314 e. The maximum absolute atomic E-state index is 13.7. The smallest absolute Gasteiger partial charge is 0.314 e. The second-order valence-electron chi connectivity index (χ2n) is 3.44. The normalized spacial score (nSPS) is 10.2. The second kappa shape index (κ2) is 5.63. The van der Waals surface area contributed by atoms with Crippen LogP contribution in [-0.2, 0) is 0 Å². The first-order valence-corrected chi connectivity index (χ1v) is 5.50. The van der Waals surface area contributed by atoms with Crippen molar-refractivity contribution in [3.05, 3.63) is 45.4 Å². The fraction of sp³-hybridized carbons (Fsp3) is 0. The Hall–Kier alpha value is -2.52. The number of hydrogen-bond donors (Lipinski definition) is 2. The van der Waals surface area contributed by atoms with Crippen LogP contribution in [0.15, 0.2) is 24.4 Å². The lowest BCUT2D eigenvalue weighted by molar-refractivity contribution is -0.385. The van der Waals surface area contributed by atoms with Gasteiger partial charge in [-0.05, 0) is 6.07 Å². The minimum Gasteiger partial charge on any atom is -0.427 e. The van der Waals surface area contributed by atoms with Gasteiger partial charge in [0.05, 0.1) is 11.1 Å². The molecule has 0 unspecified atom stereocenters. The van der Waals surface area contributed by atoms with Crippen molar-refractivity contribution in [2.75, 3.05) is 5.43 Å². The summed E-state index contributed by atoms with van der Waals surface area (Å²) in [7, 11) is 0. The third kappa shape index (κ3) is 2.73. The van der Waals surface area contributed by atoms with Crippen LogP contribution in [0.2, 0.25) is 5.02 Å². The van der Waals surface area contributed by atoms with E-state index in [0.29, 0.717) is 0 Å². The van der Waals surface area contributed by atoms with Crippen molar-refractivity contribution in [1.29, 1.82) is 0 Å². The lowest BCUT2D eigenvalue weighted by Crippen LogP contribution is -2.10. The number of nitro groups is 1. The molecule has 0 saturated carbocycles. The maximum atomic E-state index is 13.7. The van der Waals surface area contributed by atoms with Crippen LogP contribution in [-0.4, -0.2) is 14.9 Å². The molecule has 0 amide bonds. The highest BCUT2D eigenvalue weighted by molar-refractivity contribution is 6.31. The first kappa shape index (κ1) is 13.9. The number of nitrogen functional groups attached to an aromatic ring is 1. The summed E-state index contributed by atoms with van der Waals surface area (Å²) in [6.45, 7) is 0. The molecule has 2 rings (SSSR count). The van der Waals surface area contributed by atoms with Crippen molar-refractivity contribution in [3.63, 3.8) is 0 Å². The number of hydrazine groups is 1. The quantitative estimate of drug-likeness (QED) is 0.505. The Balaban J connectivity index is 2.47. The lowest BCUT2D eigenvalue weighted by Gasteiger charge is -2.08. The molecule has 0 atom stereocenters. The molecule has 8 nitrogen and oxygen atoms in total. The number of anilines is 1. The minimum atomic E-state index is -0.920. The van der Waals surface area contributed by atoms with Gasteiger partial charge in [-0.15, -0.1) is 0 Å². The Labute approximate surface area is 116 Å². The number of benzene rings is 1. The van der Waals surface area contributed by atoms with Gasteiger partial charge in [0.2, 0.25) is 17.6 Å². The number of nitrogens with two attached hydrogens (primary N) is 1. The predicted octanol–water partition coefficient (Wildman–Crippen LogP) is 2.26. The van der Waals surface area contributed by atoms with Gasteiger partial charge in [0, 0.05) is 6.07 Å².